The van der Waals surface area contributed by atoms with Gasteiger partial charge in [0.05, 0.1) is 5.52 Å². The van der Waals surface area contributed by atoms with Gasteiger partial charge in [0.15, 0.2) is 5.82 Å². The molecule has 1 aromatic carbocycles. The molecule has 0 aliphatic heterocycles. The van der Waals surface area contributed by atoms with E-state index in [0.717, 1.165) is 16.6 Å². The molecule has 0 spiro atoms. The number of hydrogen-bond acceptors (Lipinski definition) is 4. The van der Waals surface area contributed by atoms with E-state index in [0.29, 0.717) is 12.2 Å². The molecule has 0 saturated heterocycles. The van der Waals surface area contributed by atoms with Crippen molar-refractivity contribution in [3.8, 4) is 0 Å². The summed E-state index contributed by atoms with van der Waals surface area (Å²) in [5.41, 5.74) is 1.76. The van der Waals surface area contributed by atoms with Gasteiger partial charge in [-0.05, 0) is 12.1 Å². The SMILES string of the molecule is OC(Cc1ccc2ccccc2n1)c1ncn[nH]1. The minimum absolute atomic E-state index is 0.417. The van der Waals surface area contributed by atoms with Gasteiger partial charge in [0, 0.05) is 17.5 Å². The van der Waals surface area contributed by atoms with Crippen LogP contribution in [0, 0.1) is 0 Å². The smallest absolute Gasteiger partial charge is 0.153 e. The Morgan fingerprint density at radius 3 is 2.89 bits per heavy atom. The predicted molar refractivity (Wildman–Crippen MR) is 66.8 cm³/mol. The van der Waals surface area contributed by atoms with Gasteiger partial charge >= 0.3 is 0 Å². The topological polar surface area (TPSA) is 74.7 Å². The number of nitrogens with zero attached hydrogens (tertiary/aromatic N) is 3. The number of pyridine rings is 1. The third-order valence-corrected chi connectivity index (χ3v) is 2.81. The first kappa shape index (κ1) is 10.9. The molecule has 0 aliphatic rings. The lowest BCUT2D eigenvalue weighted by Crippen LogP contribution is -2.05. The fourth-order valence-electron chi connectivity index (χ4n) is 1.89. The number of benzene rings is 1. The average Bonchev–Trinajstić information content (AvgIpc) is 2.92. The first-order valence-corrected chi connectivity index (χ1v) is 5.71. The Balaban J connectivity index is 1.86. The van der Waals surface area contributed by atoms with Gasteiger partial charge in [-0.25, -0.2) is 4.98 Å². The lowest BCUT2D eigenvalue weighted by Gasteiger charge is -2.07. The van der Waals surface area contributed by atoms with Crippen LogP contribution in [-0.2, 0) is 6.42 Å². The number of hydrogen-bond donors (Lipinski definition) is 2. The van der Waals surface area contributed by atoms with Crippen molar-refractivity contribution in [3.05, 3.63) is 54.2 Å². The number of H-pyrrole nitrogens is 1. The fraction of sp³-hybridized carbons (Fsp3) is 0.154. The molecule has 0 aliphatic carbocycles. The van der Waals surface area contributed by atoms with E-state index in [1.54, 1.807) is 0 Å². The maximum atomic E-state index is 9.96. The maximum absolute atomic E-state index is 9.96. The zero-order valence-corrected chi connectivity index (χ0v) is 9.61. The molecule has 1 unspecified atom stereocenters. The molecule has 0 amide bonds. The van der Waals surface area contributed by atoms with Crippen LogP contribution < -0.4 is 0 Å². The van der Waals surface area contributed by atoms with Crippen LogP contribution in [0.15, 0.2) is 42.7 Å². The molecule has 0 saturated carbocycles. The highest BCUT2D eigenvalue weighted by atomic mass is 16.3. The molecular weight excluding hydrogens is 228 g/mol. The molecular formula is C13H12N4O. The van der Waals surface area contributed by atoms with Crippen LogP contribution >= 0.6 is 0 Å². The number of aromatic amines is 1. The van der Waals surface area contributed by atoms with E-state index < -0.39 is 6.10 Å². The van der Waals surface area contributed by atoms with Gasteiger partial charge in [0.1, 0.15) is 12.4 Å². The highest BCUT2D eigenvalue weighted by Gasteiger charge is 2.12. The molecule has 2 heterocycles. The number of nitrogens with one attached hydrogen (secondary N) is 1. The maximum Gasteiger partial charge on any atom is 0.153 e. The minimum atomic E-state index is -0.707. The van der Waals surface area contributed by atoms with Crippen molar-refractivity contribution in [1.82, 2.24) is 20.2 Å². The number of aliphatic hydroxyl groups excluding tert-OH is 1. The van der Waals surface area contributed by atoms with Crippen LogP contribution in [-0.4, -0.2) is 25.3 Å². The number of para-hydroxylation sites is 1. The molecule has 5 nitrogen and oxygen atoms in total. The number of aliphatic hydroxyl groups is 1. The summed E-state index contributed by atoms with van der Waals surface area (Å²) in [6, 6.07) is 11.8. The average molecular weight is 240 g/mol. The molecule has 0 bridgehead atoms. The Morgan fingerprint density at radius 1 is 1.17 bits per heavy atom. The predicted octanol–water partition coefficient (Wildman–Crippen LogP) is 1.63. The van der Waals surface area contributed by atoms with E-state index in [-0.39, 0.29) is 0 Å². The van der Waals surface area contributed by atoms with Crippen molar-refractivity contribution in [1.29, 1.82) is 0 Å². The Kier molecular flexibility index (Phi) is 2.74. The molecule has 2 aromatic heterocycles. The van der Waals surface area contributed by atoms with E-state index in [1.807, 2.05) is 36.4 Å². The fourth-order valence-corrected chi connectivity index (χ4v) is 1.89. The second-order valence-electron chi connectivity index (χ2n) is 4.09. The van der Waals surface area contributed by atoms with Gasteiger partial charge < -0.3 is 5.11 Å². The van der Waals surface area contributed by atoms with Crippen molar-refractivity contribution in [2.75, 3.05) is 0 Å². The van der Waals surface area contributed by atoms with Crippen LogP contribution in [0.1, 0.15) is 17.6 Å². The van der Waals surface area contributed by atoms with E-state index in [2.05, 4.69) is 20.2 Å². The monoisotopic (exact) mass is 240 g/mol. The second kappa shape index (κ2) is 4.54. The highest BCUT2D eigenvalue weighted by molar-refractivity contribution is 5.78. The second-order valence-corrected chi connectivity index (χ2v) is 4.09. The van der Waals surface area contributed by atoms with E-state index in [1.165, 1.54) is 6.33 Å². The minimum Gasteiger partial charge on any atom is -0.385 e. The molecule has 18 heavy (non-hydrogen) atoms. The Labute approximate surface area is 104 Å². The summed E-state index contributed by atoms with van der Waals surface area (Å²) in [6.45, 7) is 0. The highest BCUT2D eigenvalue weighted by Crippen LogP contribution is 2.16. The van der Waals surface area contributed by atoms with E-state index >= 15 is 0 Å². The number of fused-ring (bicyclic) bond motifs is 1. The largest absolute Gasteiger partial charge is 0.385 e. The van der Waals surface area contributed by atoms with Crippen LogP contribution in [0.4, 0.5) is 0 Å². The lowest BCUT2D eigenvalue weighted by molar-refractivity contribution is 0.167. The van der Waals surface area contributed by atoms with Gasteiger partial charge in [-0.2, -0.15) is 5.10 Å². The number of rotatable bonds is 3. The molecule has 5 heteroatoms. The standard InChI is InChI=1S/C13H12N4O/c18-12(13-14-8-15-17-13)7-10-6-5-9-3-1-2-4-11(9)16-10/h1-6,8,12,18H,7H2,(H,14,15,17). The summed E-state index contributed by atoms with van der Waals surface area (Å²) >= 11 is 0. The van der Waals surface area contributed by atoms with Gasteiger partial charge in [0.25, 0.3) is 0 Å². The zero-order valence-electron chi connectivity index (χ0n) is 9.61. The molecule has 3 rings (SSSR count). The Morgan fingerprint density at radius 2 is 2.06 bits per heavy atom. The molecule has 3 aromatic rings. The summed E-state index contributed by atoms with van der Waals surface area (Å²) in [7, 11) is 0. The molecule has 0 radical (unpaired) electrons. The molecule has 90 valence electrons. The quantitative estimate of drug-likeness (QED) is 0.729. The summed E-state index contributed by atoms with van der Waals surface area (Å²) in [5.74, 6) is 0.463. The van der Waals surface area contributed by atoms with Gasteiger partial charge in [-0.15, -0.1) is 0 Å². The van der Waals surface area contributed by atoms with Gasteiger partial charge in [-0.3, -0.25) is 10.1 Å². The van der Waals surface area contributed by atoms with Crippen LogP contribution in [0.25, 0.3) is 10.9 Å². The van der Waals surface area contributed by atoms with Crippen molar-refractivity contribution in [2.45, 2.75) is 12.5 Å². The number of aromatic nitrogens is 4. The van der Waals surface area contributed by atoms with Crippen LogP contribution in [0.3, 0.4) is 0 Å². The van der Waals surface area contributed by atoms with Crippen molar-refractivity contribution in [3.63, 3.8) is 0 Å². The zero-order chi connectivity index (χ0) is 12.4. The van der Waals surface area contributed by atoms with E-state index in [4.69, 9.17) is 0 Å². The normalized spacial score (nSPS) is 12.7. The summed E-state index contributed by atoms with van der Waals surface area (Å²) in [6.07, 6.45) is 1.09. The molecule has 0 fully saturated rings. The van der Waals surface area contributed by atoms with Gasteiger partial charge in [-0.1, -0.05) is 24.3 Å². The first-order valence-electron chi connectivity index (χ1n) is 5.71. The first-order chi connectivity index (χ1) is 8.83. The third kappa shape index (κ3) is 2.08. The van der Waals surface area contributed by atoms with Crippen molar-refractivity contribution >= 4 is 10.9 Å². The summed E-state index contributed by atoms with van der Waals surface area (Å²) in [4.78, 5) is 8.43. The Hall–Kier alpha value is -2.27. The summed E-state index contributed by atoms with van der Waals surface area (Å²) in [5, 5.41) is 17.4. The van der Waals surface area contributed by atoms with Crippen molar-refractivity contribution in [2.24, 2.45) is 0 Å². The van der Waals surface area contributed by atoms with E-state index in [9.17, 15) is 5.11 Å². The summed E-state index contributed by atoms with van der Waals surface area (Å²) < 4.78 is 0. The van der Waals surface area contributed by atoms with Crippen LogP contribution in [0.2, 0.25) is 0 Å². The van der Waals surface area contributed by atoms with Crippen molar-refractivity contribution < 1.29 is 5.11 Å². The molecule has 1 atom stereocenters. The van der Waals surface area contributed by atoms with Crippen LogP contribution in [0.5, 0.6) is 0 Å². The Bertz CT molecular complexity index is 651. The van der Waals surface area contributed by atoms with Gasteiger partial charge in [0.2, 0.25) is 0 Å². The lowest BCUT2D eigenvalue weighted by atomic mass is 10.1. The third-order valence-electron chi connectivity index (χ3n) is 2.81. The molecule has 2 N–H and O–H groups in total.